The van der Waals surface area contributed by atoms with Crippen molar-refractivity contribution in [1.82, 2.24) is 9.97 Å². The van der Waals surface area contributed by atoms with E-state index in [1.165, 1.54) is 5.56 Å². The lowest BCUT2D eigenvalue weighted by Crippen LogP contribution is -2.01. The quantitative estimate of drug-likeness (QED) is 0.617. The van der Waals surface area contributed by atoms with Gasteiger partial charge in [-0.05, 0) is 50.5 Å². The van der Waals surface area contributed by atoms with Gasteiger partial charge in [-0.2, -0.15) is 0 Å². The van der Waals surface area contributed by atoms with Crippen LogP contribution in [0.2, 0.25) is 5.15 Å². The Balaban J connectivity index is 2.78. The predicted molar refractivity (Wildman–Crippen MR) is 76.8 cm³/mol. The Morgan fingerprint density at radius 3 is 2.26 bits per heavy atom. The number of aryl methyl sites for hydroxylation is 4. The van der Waals surface area contributed by atoms with Crippen LogP contribution in [-0.2, 0) is 0 Å². The smallest absolute Gasteiger partial charge is 0.155 e. The first-order chi connectivity index (χ1) is 8.93. The molecule has 19 heavy (non-hydrogen) atoms. The molecule has 0 bridgehead atoms. The second-order valence-electron chi connectivity index (χ2n) is 4.69. The van der Waals surface area contributed by atoms with Crippen LogP contribution in [-0.4, -0.2) is 16.3 Å². The molecule has 0 saturated heterocycles. The highest BCUT2D eigenvalue weighted by molar-refractivity contribution is 6.32. The van der Waals surface area contributed by atoms with E-state index >= 15 is 0 Å². The van der Waals surface area contributed by atoms with Gasteiger partial charge in [0.15, 0.2) is 6.29 Å². The van der Waals surface area contributed by atoms with Gasteiger partial charge in [0.1, 0.15) is 11.0 Å². The maximum atomic E-state index is 11.2. The Morgan fingerprint density at radius 1 is 1.00 bits per heavy atom. The molecule has 0 amide bonds. The van der Waals surface area contributed by atoms with Crippen LogP contribution < -0.4 is 0 Å². The summed E-state index contributed by atoms with van der Waals surface area (Å²) in [5.41, 5.74) is 5.32. The van der Waals surface area contributed by atoms with Crippen LogP contribution in [0.25, 0.3) is 11.3 Å². The molecule has 0 radical (unpaired) electrons. The first-order valence-corrected chi connectivity index (χ1v) is 6.39. The molecule has 0 atom stereocenters. The third-order valence-electron chi connectivity index (χ3n) is 3.22. The average Bonchev–Trinajstić information content (AvgIpc) is 2.33. The molecule has 0 spiro atoms. The van der Waals surface area contributed by atoms with Crippen molar-refractivity contribution in [1.29, 1.82) is 0 Å². The molecule has 98 valence electrons. The number of nitrogens with zero attached hydrogens (tertiary/aromatic N) is 2. The van der Waals surface area contributed by atoms with Gasteiger partial charge in [-0.15, -0.1) is 0 Å². The molecular weight excluding hydrogens is 260 g/mol. The van der Waals surface area contributed by atoms with Gasteiger partial charge >= 0.3 is 0 Å². The number of carbonyl (C=O) groups excluding carboxylic acids is 1. The minimum atomic E-state index is 0.204. The summed E-state index contributed by atoms with van der Waals surface area (Å²) in [6.07, 6.45) is 0.714. The van der Waals surface area contributed by atoms with E-state index in [1.807, 2.05) is 19.9 Å². The van der Waals surface area contributed by atoms with Crippen LogP contribution in [0.5, 0.6) is 0 Å². The highest BCUT2D eigenvalue weighted by atomic mass is 35.5. The van der Waals surface area contributed by atoms with Crippen LogP contribution in [0, 0.1) is 27.7 Å². The molecule has 0 fully saturated rings. The van der Waals surface area contributed by atoms with E-state index in [0.29, 0.717) is 23.4 Å². The fourth-order valence-electron chi connectivity index (χ4n) is 2.07. The highest BCUT2D eigenvalue weighted by Crippen LogP contribution is 2.29. The Bertz CT molecular complexity index is 666. The summed E-state index contributed by atoms with van der Waals surface area (Å²) >= 11 is 6.03. The monoisotopic (exact) mass is 274 g/mol. The van der Waals surface area contributed by atoms with Crippen molar-refractivity contribution in [2.24, 2.45) is 0 Å². The molecule has 0 aliphatic heterocycles. The second-order valence-corrected chi connectivity index (χ2v) is 5.05. The minimum Gasteiger partial charge on any atom is -0.298 e. The molecule has 0 unspecified atom stereocenters. The van der Waals surface area contributed by atoms with Crippen molar-refractivity contribution in [3.63, 3.8) is 0 Å². The molecule has 0 N–H and O–H groups in total. The third kappa shape index (κ3) is 2.51. The summed E-state index contributed by atoms with van der Waals surface area (Å²) in [5.74, 6) is 0.559. The number of aldehydes is 1. The number of hydrogen-bond acceptors (Lipinski definition) is 3. The molecule has 2 rings (SSSR count). The molecule has 3 nitrogen and oxygen atoms in total. The lowest BCUT2D eigenvalue weighted by molar-refractivity contribution is 0.112. The number of halogens is 1. The highest BCUT2D eigenvalue weighted by Gasteiger charge is 2.15. The van der Waals surface area contributed by atoms with E-state index in [9.17, 15) is 4.79 Å². The Kier molecular flexibility index (Phi) is 3.67. The first-order valence-electron chi connectivity index (χ1n) is 6.01. The molecule has 0 aliphatic rings. The van der Waals surface area contributed by atoms with E-state index < -0.39 is 0 Å². The maximum absolute atomic E-state index is 11.2. The van der Waals surface area contributed by atoms with Crippen LogP contribution in [0.3, 0.4) is 0 Å². The molecule has 1 aromatic carbocycles. The van der Waals surface area contributed by atoms with E-state index in [1.54, 1.807) is 6.92 Å². The summed E-state index contributed by atoms with van der Waals surface area (Å²) in [6.45, 7) is 7.86. The van der Waals surface area contributed by atoms with Crippen LogP contribution in [0.4, 0.5) is 0 Å². The fourth-order valence-corrected chi connectivity index (χ4v) is 2.33. The van der Waals surface area contributed by atoms with Gasteiger partial charge in [0, 0.05) is 5.56 Å². The van der Waals surface area contributed by atoms with Gasteiger partial charge in [-0.25, -0.2) is 9.97 Å². The molecule has 2 aromatic rings. The Labute approximate surface area is 117 Å². The number of benzene rings is 1. The Morgan fingerprint density at radius 2 is 1.63 bits per heavy atom. The summed E-state index contributed by atoms with van der Waals surface area (Å²) in [5, 5.41) is 0.204. The van der Waals surface area contributed by atoms with Crippen LogP contribution >= 0.6 is 11.6 Å². The number of carbonyl (C=O) groups is 1. The van der Waals surface area contributed by atoms with Gasteiger partial charge in [-0.3, -0.25) is 4.79 Å². The largest absolute Gasteiger partial charge is 0.298 e. The van der Waals surface area contributed by atoms with Crippen molar-refractivity contribution < 1.29 is 4.79 Å². The third-order valence-corrected chi connectivity index (χ3v) is 3.51. The zero-order valence-electron chi connectivity index (χ0n) is 11.4. The van der Waals surface area contributed by atoms with Crippen molar-refractivity contribution >= 4 is 17.9 Å². The molecule has 1 aromatic heterocycles. The molecular formula is C15H15ClN2O. The van der Waals surface area contributed by atoms with Crippen molar-refractivity contribution in [3.8, 4) is 11.3 Å². The average molecular weight is 275 g/mol. The summed E-state index contributed by atoms with van der Waals surface area (Å²) in [6, 6.07) is 4.13. The SMILES string of the molecule is Cc1nc(Cl)c(C=O)c(-c2cc(C)c(C)cc2C)n1. The second kappa shape index (κ2) is 5.10. The predicted octanol–water partition coefficient (Wildman–Crippen LogP) is 3.84. The lowest BCUT2D eigenvalue weighted by Gasteiger charge is -2.12. The number of hydrogen-bond donors (Lipinski definition) is 0. The van der Waals surface area contributed by atoms with Gasteiger partial charge in [0.2, 0.25) is 0 Å². The lowest BCUT2D eigenvalue weighted by atomic mass is 9.97. The van der Waals surface area contributed by atoms with Crippen LogP contribution in [0.15, 0.2) is 12.1 Å². The normalized spacial score (nSPS) is 10.6. The van der Waals surface area contributed by atoms with Crippen molar-refractivity contribution in [2.45, 2.75) is 27.7 Å². The summed E-state index contributed by atoms with van der Waals surface area (Å²) < 4.78 is 0. The zero-order valence-corrected chi connectivity index (χ0v) is 12.2. The first kappa shape index (κ1) is 13.7. The minimum absolute atomic E-state index is 0.204. The van der Waals surface area contributed by atoms with E-state index in [2.05, 4.69) is 23.0 Å². The van der Waals surface area contributed by atoms with Gasteiger partial charge < -0.3 is 0 Å². The molecule has 1 heterocycles. The number of aromatic nitrogens is 2. The van der Waals surface area contributed by atoms with Crippen LogP contribution in [0.1, 0.15) is 32.9 Å². The fraction of sp³-hybridized carbons (Fsp3) is 0.267. The Hall–Kier alpha value is -1.74. The van der Waals surface area contributed by atoms with E-state index in [4.69, 9.17) is 11.6 Å². The van der Waals surface area contributed by atoms with E-state index in [0.717, 1.165) is 16.7 Å². The zero-order chi connectivity index (χ0) is 14.2. The summed E-state index contributed by atoms with van der Waals surface area (Å²) in [7, 11) is 0. The molecule has 0 aliphatic carbocycles. The maximum Gasteiger partial charge on any atom is 0.155 e. The standard InChI is InChI=1S/C15H15ClN2O/c1-8-5-10(3)12(6-9(8)2)14-13(7-19)15(16)18-11(4)17-14/h5-7H,1-4H3. The van der Waals surface area contributed by atoms with Gasteiger partial charge in [0.05, 0.1) is 11.3 Å². The molecule has 0 saturated carbocycles. The summed E-state index contributed by atoms with van der Waals surface area (Å²) in [4.78, 5) is 19.6. The molecule has 4 heteroatoms. The van der Waals surface area contributed by atoms with Gasteiger partial charge in [-0.1, -0.05) is 17.7 Å². The number of rotatable bonds is 2. The van der Waals surface area contributed by atoms with Crippen molar-refractivity contribution in [3.05, 3.63) is 45.4 Å². The van der Waals surface area contributed by atoms with Gasteiger partial charge in [0.25, 0.3) is 0 Å². The topological polar surface area (TPSA) is 42.9 Å². The van der Waals surface area contributed by atoms with E-state index in [-0.39, 0.29) is 5.15 Å². The van der Waals surface area contributed by atoms with Crippen molar-refractivity contribution in [2.75, 3.05) is 0 Å².